The van der Waals surface area contributed by atoms with E-state index in [1.54, 1.807) is 30.3 Å². The molecular formula is C24H25NO5. The lowest BCUT2D eigenvalue weighted by molar-refractivity contribution is -0.00609. The van der Waals surface area contributed by atoms with Gasteiger partial charge in [-0.2, -0.15) is 0 Å². The summed E-state index contributed by atoms with van der Waals surface area (Å²) in [6.07, 6.45) is -2.77. The quantitative estimate of drug-likeness (QED) is 0.481. The average Bonchev–Trinajstić information content (AvgIpc) is 2.80. The molecule has 0 bridgehead atoms. The number of para-hydroxylation sites is 2. The molecule has 6 heteroatoms. The predicted molar refractivity (Wildman–Crippen MR) is 114 cm³/mol. The molecule has 0 amide bonds. The van der Waals surface area contributed by atoms with E-state index in [0.717, 1.165) is 5.69 Å². The molecule has 1 heterocycles. The minimum absolute atomic E-state index is 0.124. The molecule has 6 nitrogen and oxygen atoms in total. The molecule has 1 aliphatic rings. The monoisotopic (exact) mass is 407 g/mol. The SMILES string of the molecule is OC(COc1ccccc1)c1cccc(OCC2Nc3ccccc3C(O)C2O)c1. The third kappa shape index (κ3) is 4.57. The summed E-state index contributed by atoms with van der Waals surface area (Å²) in [5, 5.41) is 34.5. The van der Waals surface area contributed by atoms with Gasteiger partial charge in [-0.3, -0.25) is 0 Å². The number of ether oxygens (including phenoxy) is 2. The zero-order chi connectivity index (χ0) is 20.9. The van der Waals surface area contributed by atoms with Gasteiger partial charge in [-0.1, -0.05) is 48.5 Å². The maximum Gasteiger partial charge on any atom is 0.119 e. The van der Waals surface area contributed by atoms with Crippen LogP contribution in [0.15, 0.2) is 78.9 Å². The second-order valence-electron chi connectivity index (χ2n) is 7.30. The summed E-state index contributed by atoms with van der Waals surface area (Å²) in [4.78, 5) is 0. The molecule has 0 saturated heterocycles. The molecule has 4 rings (SSSR count). The molecule has 3 aromatic rings. The van der Waals surface area contributed by atoms with Gasteiger partial charge in [-0.05, 0) is 35.9 Å². The Hall–Kier alpha value is -3.06. The molecule has 0 fully saturated rings. The van der Waals surface area contributed by atoms with Gasteiger partial charge in [0.15, 0.2) is 0 Å². The maximum absolute atomic E-state index is 10.4. The van der Waals surface area contributed by atoms with Crippen LogP contribution in [-0.2, 0) is 0 Å². The molecule has 0 aliphatic carbocycles. The third-order valence-electron chi connectivity index (χ3n) is 5.18. The molecule has 3 aromatic carbocycles. The van der Waals surface area contributed by atoms with E-state index in [1.807, 2.05) is 48.5 Å². The molecule has 4 unspecified atom stereocenters. The van der Waals surface area contributed by atoms with Gasteiger partial charge in [0, 0.05) is 11.3 Å². The van der Waals surface area contributed by atoms with Crippen molar-refractivity contribution in [1.29, 1.82) is 0 Å². The second kappa shape index (κ2) is 9.17. The van der Waals surface area contributed by atoms with Crippen LogP contribution in [0.1, 0.15) is 23.3 Å². The van der Waals surface area contributed by atoms with Crippen molar-refractivity contribution in [2.24, 2.45) is 0 Å². The van der Waals surface area contributed by atoms with Gasteiger partial charge < -0.3 is 30.1 Å². The van der Waals surface area contributed by atoms with Crippen LogP contribution in [0.3, 0.4) is 0 Å². The molecular weight excluding hydrogens is 382 g/mol. The van der Waals surface area contributed by atoms with E-state index in [4.69, 9.17) is 9.47 Å². The Morgan fingerprint density at radius 2 is 1.57 bits per heavy atom. The van der Waals surface area contributed by atoms with Crippen molar-refractivity contribution in [2.75, 3.05) is 18.5 Å². The molecule has 30 heavy (non-hydrogen) atoms. The zero-order valence-corrected chi connectivity index (χ0v) is 16.4. The summed E-state index contributed by atoms with van der Waals surface area (Å²) in [6, 6.07) is 23.3. The number of hydrogen-bond donors (Lipinski definition) is 4. The minimum atomic E-state index is -0.993. The standard InChI is InChI=1S/C24H25NO5/c26-22(15-30-17-8-2-1-3-9-17)16-7-6-10-18(13-16)29-14-21-24(28)23(27)19-11-4-5-12-20(19)25-21/h1-13,21-28H,14-15H2. The molecule has 156 valence electrons. The fourth-order valence-corrected chi connectivity index (χ4v) is 3.50. The van der Waals surface area contributed by atoms with Gasteiger partial charge in [-0.15, -0.1) is 0 Å². The van der Waals surface area contributed by atoms with Crippen molar-refractivity contribution >= 4 is 5.69 Å². The summed E-state index contributed by atoms with van der Waals surface area (Å²) >= 11 is 0. The lowest BCUT2D eigenvalue weighted by Crippen LogP contribution is -2.45. The van der Waals surface area contributed by atoms with Crippen LogP contribution in [-0.4, -0.2) is 40.7 Å². The van der Waals surface area contributed by atoms with Gasteiger partial charge in [-0.25, -0.2) is 0 Å². The average molecular weight is 407 g/mol. The summed E-state index contributed by atoms with van der Waals surface area (Å²) in [6.45, 7) is 0.284. The zero-order valence-electron chi connectivity index (χ0n) is 16.4. The fourth-order valence-electron chi connectivity index (χ4n) is 3.50. The Morgan fingerprint density at radius 3 is 2.40 bits per heavy atom. The third-order valence-corrected chi connectivity index (χ3v) is 5.18. The van der Waals surface area contributed by atoms with Crippen molar-refractivity contribution in [3.8, 4) is 11.5 Å². The van der Waals surface area contributed by atoms with Gasteiger partial charge in [0.05, 0.1) is 6.04 Å². The van der Waals surface area contributed by atoms with E-state index in [1.165, 1.54) is 0 Å². The van der Waals surface area contributed by atoms with Crippen LogP contribution >= 0.6 is 0 Å². The molecule has 1 aliphatic heterocycles. The normalized spacial score (nSPS) is 21.2. The van der Waals surface area contributed by atoms with E-state index in [-0.39, 0.29) is 13.2 Å². The van der Waals surface area contributed by atoms with Crippen molar-refractivity contribution in [2.45, 2.75) is 24.4 Å². The van der Waals surface area contributed by atoms with Crippen molar-refractivity contribution < 1.29 is 24.8 Å². The van der Waals surface area contributed by atoms with Crippen molar-refractivity contribution in [3.63, 3.8) is 0 Å². The largest absolute Gasteiger partial charge is 0.491 e. The molecule has 0 radical (unpaired) electrons. The van der Waals surface area contributed by atoms with E-state index in [0.29, 0.717) is 22.6 Å². The number of hydrogen-bond acceptors (Lipinski definition) is 6. The fraction of sp³-hybridized carbons (Fsp3) is 0.250. The summed E-state index contributed by atoms with van der Waals surface area (Å²) in [7, 11) is 0. The van der Waals surface area contributed by atoms with Crippen molar-refractivity contribution in [1.82, 2.24) is 0 Å². The Labute approximate surface area is 175 Å². The lowest BCUT2D eigenvalue weighted by atomic mass is 9.93. The Morgan fingerprint density at radius 1 is 0.833 bits per heavy atom. The molecule has 4 atom stereocenters. The van der Waals surface area contributed by atoms with E-state index in [2.05, 4.69) is 5.32 Å². The highest BCUT2D eigenvalue weighted by Crippen LogP contribution is 2.33. The first-order valence-electron chi connectivity index (χ1n) is 9.92. The smallest absolute Gasteiger partial charge is 0.119 e. The Balaban J connectivity index is 1.36. The van der Waals surface area contributed by atoms with Crippen LogP contribution in [0.5, 0.6) is 11.5 Å². The van der Waals surface area contributed by atoms with Crippen LogP contribution < -0.4 is 14.8 Å². The van der Waals surface area contributed by atoms with Crippen LogP contribution in [0.4, 0.5) is 5.69 Å². The first-order chi connectivity index (χ1) is 14.6. The predicted octanol–water partition coefficient (Wildman–Crippen LogP) is 3.07. The number of nitrogens with one attached hydrogen (secondary N) is 1. The summed E-state index contributed by atoms with van der Waals surface area (Å²) in [5.74, 6) is 1.26. The molecule has 0 saturated carbocycles. The first-order valence-corrected chi connectivity index (χ1v) is 9.92. The highest BCUT2D eigenvalue weighted by Gasteiger charge is 2.34. The number of rotatable bonds is 7. The van der Waals surface area contributed by atoms with Crippen LogP contribution in [0.25, 0.3) is 0 Å². The van der Waals surface area contributed by atoms with E-state index in [9.17, 15) is 15.3 Å². The minimum Gasteiger partial charge on any atom is -0.491 e. The highest BCUT2D eigenvalue weighted by atomic mass is 16.5. The summed E-state index contributed by atoms with van der Waals surface area (Å²) < 4.78 is 11.5. The highest BCUT2D eigenvalue weighted by molar-refractivity contribution is 5.56. The number of aliphatic hydroxyl groups is 3. The van der Waals surface area contributed by atoms with Gasteiger partial charge >= 0.3 is 0 Å². The maximum atomic E-state index is 10.4. The van der Waals surface area contributed by atoms with E-state index < -0.39 is 24.4 Å². The van der Waals surface area contributed by atoms with Gasteiger partial charge in [0.1, 0.15) is 43.0 Å². The lowest BCUT2D eigenvalue weighted by Gasteiger charge is -2.35. The van der Waals surface area contributed by atoms with Crippen molar-refractivity contribution in [3.05, 3.63) is 90.0 Å². The number of aliphatic hydroxyl groups excluding tert-OH is 3. The number of fused-ring (bicyclic) bond motifs is 1. The molecule has 0 spiro atoms. The van der Waals surface area contributed by atoms with Crippen LogP contribution in [0.2, 0.25) is 0 Å². The number of anilines is 1. The second-order valence-corrected chi connectivity index (χ2v) is 7.30. The number of benzene rings is 3. The van der Waals surface area contributed by atoms with E-state index >= 15 is 0 Å². The molecule has 0 aromatic heterocycles. The summed E-state index contributed by atoms with van der Waals surface area (Å²) in [5.41, 5.74) is 2.13. The molecule has 4 N–H and O–H groups in total. The topological polar surface area (TPSA) is 91.2 Å². The van der Waals surface area contributed by atoms with Gasteiger partial charge in [0.25, 0.3) is 0 Å². The Kier molecular flexibility index (Phi) is 6.18. The first kappa shape index (κ1) is 20.2. The Bertz CT molecular complexity index is 965. The van der Waals surface area contributed by atoms with Crippen LogP contribution in [0, 0.1) is 0 Å². The van der Waals surface area contributed by atoms with Gasteiger partial charge in [0.2, 0.25) is 0 Å².